The van der Waals surface area contributed by atoms with Gasteiger partial charge in [0.2, 0.25) is 0 Å². The highest BCUT2D eigenvalue weighted by Gasteiger charge is 2.51. The first-order valence-corrected chi connectivity index (χ1v) is 8.79. The Hall–Kier alpha value is -3.03. The van der Waals surface area contributed by atoms with Crippen LogP contribution in [0.1, 0.15) is 41.5 Å². The maximum Gasteiger partial charge on any atom is 0.283 e. The van der Waals surface area contributed by atoms with Gasteiger partial charge in [-0.2, -0.15) is 0 Å². The van der Waals surface area contributed by atoms with Crippen LogP contribution in [-0.2, 0) is 10.3 Å². The molecule has 1 fully saturated rings. The van der Waals surface area contributed by atoms with Crippen LogP contribution in [0.25, 0.3) is 0 Å². The van der Waals surface area contributed by atoms with Crippen molar-refractivity contribution in [1.82, 2.24) is 9.97 Å². The van der Waals surface area contributed by atoms with Gasteiger partial charge in [0.05, 0.1) is 17.4 Å². The Labute approximate surface area is 155 Å². The normalized spacial score (nSPS) is 26.3. The van der Waals surface area contributed by atoms with Crippen LogP contribution in [0.2, 0.25) is 0 Å². The first-order chi connectivity index (χ1) is 12.9. The summed E-state index contributed by atoms with van der Waals surface area (Å²) < 4.78 is 20.2. The van der Waals surface area contributed by atoms with Gasteiger partial charge in [-0.15, -0.1) is 0 Å². The summed E-state index contributed by atoms with van der Waals surface area (Å²) in [5.41, 5.74) is 6.72. The molecule has 8 heteroatoms. The van der Waals surface area contributed by atoms with Gasteiger partial charge in [-0.05, 0) is 44.9 Å². The van der Waals surface area contributed by atoms with E-state index in [1.165, 1.54) is 24.5 Å². The number of aliphatic imine (C=N–C) groups is 1. The molecule has 1 aliphatic heterocycles. The SMILES string of the molecule is Cc1cnc(C(=O)Nc2ccc(F)c(C3(C)N=C(N)OC4CCC43)c2)cn1. The predicted octanol–water partition coefficient (Wildman–Crippen LogP) is 2.52. The fourth-order valence-electron chi connectivity index (χ4n) is 3.70. The number of anilines is 1. The number of hydrogen-bond donors (Lipinski definition) is 2. The van der Waals surface area contributed by atoms with Crippen molar-refractivity contribution in [2.24, 2.45) is 16.6 Å². The lowest BCUT2D eigenvalue weighted by molar-refractivity contribution is -0.0297. The number of rotatable bonds is 3. The molecule has 0 saturated heterocycles. The molecule has 1 aromatic heterocycles. The maximum atomic E-state index is 14.7. The highest BCUT2D eigenvalue weighted by Crippen LogP contribution is 2.49. The number of nitrogens with one attached hydrogen (secondary N) is 1. The lowest BCUT2D eigenvalue weighted by Gasteiger charge is -2.49. The smallest absolute Gasteiger partial charge is 0.283 e. The van der Waals surface area contributed by atoms with Crippen molar-refractivity contribution in [1.29, 1.82) is 0 Å². The second-order valence-electron chi connectivity index (χ2n) is 7.13. The summed E-state index contributed by atoms with van der Waals surface area (Å²) >= 11 is 0. The topological polar surface area (TPSA) is 102 Å². The Morgan fingerprint density at radius 1 is 1.33 bits per heavy atom. The van der Waals surface area contributed by atoms with Gasteiger partial charge in [0.15, 0.2) is 0 Å². The lowest BCUT2D eigenvalue weighted by Crippen LogP contribution is -2.53. The number of hydrogen-bond acceptors (Lipinski definition) is 6. The van der Waals surface area contributed by atoms with Gasteiger partial charge in [-0.25, -0.2) is 14.4 Å². The van der Waals surface area contributed by atoms with Crippen molar-refractivity contribution in [2.45, 2.75) is 38.3 Å². The number of nitrogens with two attached hydrogens (primary N) is 1. The molecule has 3 N–H and O–H groups in total. The molecule has 4 rings (SSSR count). The zero-order chi connectivity index (χ0) is 19.2. The molecule has 140 valence electrons. The van der Waals surface area contributed by atoms with Gasteiger partial charge in [-0.1, -0.05) is 0 Å². The quantitative estimate of drug-likeness (QED) is 0.865. The maximum absolute atomic E-state index is 14.7. The number of amides is 1. The summed E-state index contributed by atoms with van der Waals surface area (Å²) in [4.78, 5) is 24.9. The minimum Gasteiger partial charge on any atom is -0.462 e. The van der Waals surface area contributed by atoms with Crippen LogP contribution in [0, 0.1) is 18.7 Å². The Kier molecular flexibility index (Phi) is 4.05. The van der Waals surface area contributed by atoms with E-state index in [0.717, 1.165) is 12.8 Å². The van der Waals surface area contributed by atoms with E-state index >= 15 is 0 Å². The lowest BCUT2D eigenvalue weighted by atomic mass is 9.66. The van der Waals surface area contributed by atoms with Gasteiger partial charge in [0.25, 0.3) is 11.9 Å². The zero-order valence-electron chi connectivity index (χ0n) is 15.1. The number of carbonyl (C=O) groups excluding carboxylic acids is 1. The number of aromatic nitrogens is 2. The molecule has 27 heavy (non-hydrogen) atoms. The molecule has 1 saturated carbocycles. The number of benzene rings is 1. The third-order valence-electron chi connectivity index (χ3n) is 5.33. The summed E-state index contributed by atoms with van der Waals surface area (Å²) in [5, 5.41) is 2.74. The van der Waals surface area contributed by atoms with Gasteiger partial charge < -0.3 is 15.8 Å². The molecular weight excluding hydrogens is 349 g/mol. The van der Waals surface area contributed by atoms with Gasteiger partial charge >= 0.3 is 0 Å². The van der Waals surface area contributed by atoms with E-state index in [-0.39, 0.29) is 23.7 Å². The number of amidine groups is 1. The predicted molar refractivity (Wildman–Crippen MR) is 97.7 cm³/mol. The van der Waals surface area contributed by atoms with E-state index in [9.17, 15) is 9.18 Å². The number of halogens is 1. The van der Waals surface area contributed by atoms with E-state index in [1.54, 1.807) is 13.0 Å². The highest BCUT2D eigenvalue weighted by atomic mass is 19.1. The van der Waals surface area contributed by atoms with Crippen LogP contribution >= 0.6 is 0 Å². The van der Waals surface area contributed by atoms with E-state index in [0.29, 0.717) is 16.9 Å². The summed E-state index contributed by atoms with van der Waals surface area (Å²) in [6.07, 6.45) is 4.63. The minimum absolute atomic E-state index is 0.0482. The van der Waals surface area contributed by atoms with Crippen molar-refractivity contribution in [3.05, 3.63) is 53.4 Å². The average Bonchev–Trinajstić information content (AvgIpc) is 2.59. The molecular formula is C19H20FN5O2. The van der Waals surface area contributed by atoms with Gasteiger partial charge in [0.1, 0.15) is 17.6 Å². The standard InChI is InChI=1S/C19H20FN5O2/c1-10-8-23-15(9-22-10)17(26)24-11-3-5-14(20)13(7-11)19(2)12-4-6-16(12)27-18(21)25-19/h3,5,7-9,12,16H,4,6H2,1-2H3,(H2,21,25)(H,24,26). The third kappa shape index (κ3) is 3.01. The second kappa shape index (κ2) is 6.29. The molecule has 0 radical (unpaired) electrons. The van der Waals surface area contributed by atoms with Crippen molar-refractivity contribution >= 4 is 17.6 Å². The van der Waals surface area contributed by atoms with E-state index < -0.39 is 17.3 Å². The largest absolute Gasteiger partial charge is 0.462 e. The fraction of sp³-hybridized carbons (Fsp3) is 0.368. The highest BCUT2D eigenvalue weighted by molar-refractivity contribution is 6.02. The molecule has 0 bridgehead atoms. The van der Waals surface area contributed by atoms with E-state index in [4.69, 9.17) is 10.5 Å². The number of aryl methyl sites for hydroxylation is 1. The number of ether oxygens (including phenoxy) is 1. The van der Waals surface area contributed by atoms with Crippen LogP contribution in [0.5, 0.6) is 0 Å². The van der Waals surface area contributed by atoms with Crippen molar-refractivity contribution < 1.29 is 13.9 Å². The Bertz CT molecular complexity index is 930. The third-order valence-corrected chi connectivity index (χ3v) is 5.33. The molecule has 0 spiro atoms. The van der Waals surface area contributed by atoms with Gasteiger partial charge in [-0.3, -0.25) is 9.78 Å². The molecule has 1 aliphatic carbocycles. The zero-order valence-corrected chi connectivity index (χ0v) is 15.1. The molecule has 7 nitrogen and oxygen atoms in total. The monoisotopic (exact) mass is 369 g/mol. The molecule has 1 amide bonds. The summed E-state index contributed by atoms with van der Waals surface area (Å²) in [7, 11) is 0. The summed E-state index contributed by atoms with van der Waals surface area (Å²) in [6, 6.07) is 4.51. The molecule has 2 aliphatic rings. The van der Waals surface area contributed by atoms with Crippen LogP contribution in [-0.4, -0.2) is 28.0 Å². The molecule has 1 aromatic carbocycles. The van der Waals surface area contributed by atoms with E-state index in [2.05, 4.69) is 20.3 Å². The first-order valence-electron chi connectivity index (χ1n) is 8.79. The van der Waals surface area contributed by atoms with E-state index in [1.807, 2.05) is 6.92 Å². The average molecular weight is 369 g/mol. The van der Waals surface area contributed by atoms with Crippen LogP contribution in [0.15, 0.2) is 35.6 Å². The molecule has 3 unspecified atom stereocenters. The summed E-state index contributed by atoms with van der Waals surface area (Å²) in [5.74, 6) is -0.760. The number of carbonyl (C=O) groups is 1. The van der Waals surface area contributed by atoms with Crippen LogP contribution in [0.4, 0.5) is 10.1 Å². The second-order valence-corrected chi connectivity index (χ2v) is 7.13. The van der Waals surface area contributed by atoms with Crippen LogP contribution in [0.3, 0.4) is 0 Å². The molecule has 2 heterocycles. The van der Waals surface area contributed by atoms with Crippen molar-refractivity contribution in [2.75, 3.05) is 5.32 Å². The van der Waals surface area contributed by atoms with Crippen molar-refractivity contribution in [3.63, 3.8) is 0 Å². The first kappa shape index (κ1) is 17.4. The van der Waals surface area contributed by atoms with Gasteiger partial charge in [0, 0.05) is 23.4 Å². The van der Waals surface area contributed by atoms with Crippen molar-refractivity contribution in [3.8, 4) is 0 Å². The summed E-state index contributed by atoms with van der Waals surface area (Å²) in [6.45, 7) is 3.64. The number of fused-ring (bicyclic) bond motifs is 1. The fourth-order valence-corrected chi connectivity index (χ4v) is 3.70. The number of nitrogens with zero attached hydrogens (tertiary/aromatic N) is 3. The Balaban J connectivity index is 1.65. The Morgan fingerprint density at radius 2 is 2.15 bits per heavy atom. The molecule has 3 atom stereocenters. The minimum atomic E-state index is -0.834. The molecule has 2 aromatic rings. The van der Waals surface area contributed by atoms with Crippen LogP contribution < -0.4 is 11.1 Å². The Morgan fingerprint density at radius 3 is 2.81 bits per heavy atom.